The van der Waals surface area contributed by atoms with Crippen LogP contribution in [0.1, 0.15) is 11.1 Å². The Morgan fingerprint density at radius 3 is 2.43 bits per heavy atom. The van der Waals surface area contributed by atoms with E-state index in [2.05, 4.69) is 5.32 Å². The van der Waals surface area contributed by atoms with Crippen molar-refractivity contribution in [2.75, 3.05) is 11.9 Å². The minimum Gasteiger partial charge on any atom is -0.354 e. The lowest BCUT2D eigenvalue weighted by Gasteiger charge is -2.18. The predicted octanol–water partition coefficient (Wildman–Crippen LogP) is 3.82. The van der Waals surface area contributed by atoms with Crippen molar-refractivity contribution in [3.05, 3.63) is 75.3 Å². The number of carbonyl (C=O) groups is 2. The fraction of sp³-hybridized carbons (Fsp3) is 0.190. The van der Waals surface area contributed by atoms with E-state index in [1.165, 1.54) is 23.7 Å². The van der Waals surface area contributed by atoms with Gasteiger partial charge in [-0.15, -0.1) is 0 Å². The van der Waals surface area contributed by atoms with Gasteiger partial charge in [-0.2, -0.15) is 5.26 Å². The zero-order valence-corrected chi connectivity index (χ0v) is 17.0. The molecule has 2 aromatic carbocycles. The maximum atomic E-state index is 13.2. The largest absolute Gasteiger partial charge is 0.354 e. The van der Waals surface area contributed by atoms with Crippen molar-refractivity contribution >= 4 is 40.9 Å². The molecule has 1 aliphatic heterocycles. The second-order valence-electron chi connectivity index (χ2n) is 6.32. The van der Waals surface area contributed by atoms with Gasteiger partial charge in [0.15, 0.2) is 0 Å². The van der Waals surface area contributed by atoms with E-state index in [9.17, 15) is 14.9 Å². The first kappa shape index (κ1) is 20.0. The molecule has 1 heterocycles. The van der Waals surface area contributed by atoms with Crippen LogP contribution in [0.4, 0.5) is 5.69 Å². The number of halogens is 1. The lowest BCUT2D eigenvalue weighted by atomic mass is 10.1. The molecule has 1 atom stereocenters. The van der Waals surface area contributed by atoms with Crippen LogP contribution in [0.25, 0.3) is 0 Å². The SMILES string of the molecule is CNC(=O)C(C#N)=C1SC(Cc2ccc(Cl)cc2)C(=O)N1c1ccc(C)cc1. The third kappa shape index (κ3) is 4.06. The topological polar surface area (TPSA) is 73.2 Å². The Kier molecular flexibility index (Phi) is 6.08. The molecule has 0 spiro atoms. The van der Waals surface area contributed by atoms with Crippen molar-refractivity contribution in [2.45, 2.75) is 18.6 Å². The van der Waals surface area contributed by atoms with Crippen LogP contribution in [-0.2, 0) is 16.0 Å². The summed E-state index contributed by atoms with van der Waals surface area (Å²) in [5, 5.41) is 12.6. The molecule has 2 amide bonds. The smallest absolute Gasteiger partial charge is 0.264 e. The predicted molar refractivity (Wildman–Crippen MR) is 112 cm³/mol. The summed E-state index contributed by atoms with van der Waals surface area (Å²) in [4.78, 5) is 26.9. The Hall–Kier alpha value is -2.75. The van der Waals surface area contributed by atoms with E-state index >= 15 is 0 Å². The highest BCUT2D eigenvalue weighted by Crippen LogP contribution is 2.42. The number of thioether (sulfide) groups is 1. The van der Waals surface area contributed by atoms with E-state index in [0.29, 0.717) is 22.2 Å². The number of aryl methyl sites for hydroxylation is 1. The standard InChI is InChI=1S/C21H18ClN3O2S/c1-13-3-9-16(10-4-13)25-20(27)18(11-14-5-7-15(22)8-6-14)28-21(25)17(12-23)19(26)24-2/h3-10,18H,11H2,1-2H3,(H,24,26). The Bertz CT molecular complexity index is 978. The molecular weight excluding hydrogens is 394 g/mol. The van der Waals surface area contributed by atoms with Gasteiger partial charge in [0.1, 0.15) is 16.7 Å². The molecular formula is C21H18ClN3O2S. The van der Waals surface area contributed by atoms with Crippen molar-refractivity contribution in [3.63, 3.8) is 0 Å². The van der Waals surface area contributed by atoms with Gasteiger partial charge >= 0.3 is 0 Å². The molecule has 0 aliphatic carbocycles. The highest BCUT2D eigenvalue weighted by Gasteiger charge is 2.40. The molecule has 1 saturated heterocycles. The Labute approximate surface area is 173 Å². The highest BCUT2D eigenvalue weighted by molar-refractivity contribution is 8.05. The van der Waals surface area contributed by atoms with Crippen LogP contribution >= 0.6 is 23.4 Å². The van der Waals surface area contributed by atoms with E-state index in [1.807, 2.05) is 49.4 Å². The van der Waals surface area contributed by atoms with Crippen LogP contribution < -0.4 is 10.2 Å². The number of nitrogens with zero attached hydrogens (tertiary/aromatic N) is 2. The van der Waals surface area contributed by atoms with E-state index in [-0.39, 0.29) is 11.5 Å². The van der Waals surface area contributed by atoms with Crippen molar-refractivity contribution in [2.24, 2.45) is 0 Å². The van der Waals surface area contributed by atoms with E-state index in [4.69, 9.17) is 11.6 Å². The number of carbonyl (C=O) groups excluding carboxylic acids is 2. The van der Waals surface area contributed by atoms with Crippen LogP contribution in [-0.4, -0.2) is 24.1 Å². The quantitative estimate of drug-likeness (QED) is 0.613. The van der Waals surface area contributed by atoms with Crippen LogP contribution in [0.15, 0.2) is 59.1 Å². The Morgan fingerprint density at radius 2 is 1.86 bits per heavy atom. The molecule has 7 heteroatoms. The van der Waals surface area contributed by atoms with Crippen molar-refractivity contribution in [3.8, 4) is 6.07 Å². The number of anilines is 1. The van der Waals surface area contributed by atoms with Gasteiger partial charge in [0.25, 0.3) is 5.91 Å². The first-order valence-corrected chi connectivity index (χ1v) is 9.88. The van der Waals surface area contributed by atoms with Gasteiger partial charge in [-0.25, -0.2) is 0 Å². The average Bonchev–Trinajstić information content (AvgIpc) is 3.00. The summed E-state index contributed by atoms with van der Waals surface area (Å²) < 4.78 is 0. The molecule has 1 unspecified atom stereocenters. The van der Waals surface area contributed by atoms with Gasteiger partial charge in [-0.1, -0.05) is 53.2 Å². The molecule has 5 nitrogen and oxygen atoms in total. The molecule has 1 aliphatic rings. The monoisotopic (exact) mass is 411 g/mol. The number of likely N-dealkylation sites (N-methyl/N-ethyl adjacent to an activating group) is 1. The Morgan fingerprint density at radius 1 is 1.21 bits per heavy atom. The number of rotatable bonds is 4. The molecule has 0 saturated carbocycles. The van der Waals surface area contributed by atoms with Gasteiger partial charge < -0.3 is 5.32 Å². The van der Waals surface area contributed by atoms with Gasteiger partial charge in [0.2, 0.25) is 5.91 Å². The van der Waals surface area contributed by atoms with Crippen LogP contribution in [0.5, 0.6) is 0 Å². The van der Waals surface area contributed by atoms with Crippen molar-refractivity contribution in [1.82, 2.24) is 5.32 Å². The van der Waals surface area contributed by atoms with E-state index in [1.54, 1.807) is 12.1 Å². The summed E-state index contributed by atoms with van der Waals surface area (Å²) >= 11 is 7.18. The van der Waals surface area contributed by atoms with Crippen molar-refractivity contribution < 1.29 is 9.59 Å². The lowest BCUT2D eigenvalue weighted by Crippen LogP contribution is -2.31. The van der Waals surface area contributed by atoms with Crippen LogP contribution in [0, 0.1) is 18.3 Å². The number of nitrogens with one attached hydrogen (secondary N) is 1. The van der Waals surface area contributed by atoms with Crippen molar-refractivity contribution in [1.29, 1.82) is 5.26 Å². The summed E-state index contributed by atoms with van der Waals surface area (Å²) in [6.07, 6.45) is 0.471. The number of benzene rings is 2. The fourth-order valence-corrected chi connectivity index (χ4v) is 4.31. The minimum atomic E-state index is -0.512. The zero-order chi connectivity index (χ0) is 20.3. The molecule has 142 valence electrons. The Balaban J connectivity index is 2.03. The maximum absolute atomic E-state index is 13.2. The second kappa shape index (κ2) is 8.51. The van der Waals surface area contributed by atoms with E-state index in [0.717, 1.165) is 11.1 Å². The molecule has 2 aromatic rings. The highest BCUT2D eigenvalue weighted by atomic mass is 35.5. The molecule has 28 heavy (non-hydrogen) atoms. The minimum absolute atomic E-state index is 0.0694. The fourth-order valence-electron chi connectivity index (χ4n) is 2.88. The number of hydrogen-bond acceptors (Lipinski definition) is 4. The van der Waals surface area contributed by atoms with Gasteiger partial charge in [0, 0.05) is 17.8 Å². The summed E-state index contributed by atoms with van der Waals surface area (Å²) in [5.74, 6) is -0.669. The van der Waals surface area contributed by atoms with Gasteiger partial charge in [-0.05, 0) is 43.2 Å². The molecule has 1 fully saturated rings. The molecule has 3 rings (SSSR count). The van der Waals surface area contributed by atoms with Crippen LogP contribution in [0.3, 0.4) is 0 Å². The molecule has 0 radical (unpaired) electrons. The number of hydrogen-bond donors (Lipinski definition) is 1. The maximum Gasteiger partial charge on any atom is 0.264 e. The summed E-state index contributed by atoms with van der Waals surface area (Å²) in [7, 11) is 1.46. The molecule has 1 N–H and O–H groups in total. The summed E-state index contributed by atoms with van der Waals surface area (Å²) in [6.45, 7) is 1.95. The first-order chi connectivity index (χ1) is 13.4. The normalized spacial score (nSPS) is 18.0. The number of nitriles is 1. The molecule has 0 bridgehead atoms. The summed E-state index contributed by atoms with van der Waals surface area (Å²) in [5.41, 5.74) is 2.57. The lowest BCUT2D eigenvalue weighted by molar-refractivity contribution is -0.117. The second-order valence-corrected chi connectivity index (χ2v) is 7.95. The zero-order valence-electron chi connectivity index (χ0n) is 15.4. The third-order valence-corrected chi connectivity index (χ3v) is 5.87. The summed E-state index contributed by atoms with van der Waals surface area (Å²) in [6, 6.07) is 16.7. The van der Waals surface area contributed by atoms with Gasteiger partial charge in [-0.3, -0.25) is 14.5 Å². The molecule has 0 aromatic heterocycles. The number of amides is 2. The third-order valence-electron chi connectivity index (χ3n) is 4.36. The first-order valence-electron chi connectivity index (χ1n) is 8.62. The van der Waals surface area contributed by atoms with E-state index < -0.39 is 11.2 Å². The average molecular weight is 412 g/mol. The van der Waals surface area contributed by atoms with Gasteiger partial charge in [0.05, 0.1) is 5.25 Å². The van der Waals surface area contributed by atoms with Crippen LogP contribution in [0.2, 0.25) is 5.02 Å².